The molecule has 0 aliphatic rings. The fraction of sp³-hybridized carbons (Fsp3) is 0. The number of hydrogen-bond donors (Lipinski definition) is 2. The Morgan fingerprint density at radius 1 is 1.22 bits per heavy atom. The van der Waals surface area contributed by atoms with Crippen LogP contribution in [0, 0.1) is 0 Å². The van der Waals surface area contributed by atoms with Gasteiger partial charge in [-0.25, -0.2) is 0 Å². The second-order valence-electron chi connectivity index (χ2n) is 3.67. The number of halogens is 2. The molecule has 0 atom stereocenters. The molecule has 0 unspecified atom stereocenters. The summed E-state index contributed by atoms with van der Waals surface area (Å²) in [5.41, 5.74) is 7.17. The van der Waals surface area contributed by atoms with Crippen molar-refractivity contribution in [3.8, 4) is 0 Å². The Bertz CT molecular complexity index is 581. The van der Waals surface area contributed by atoms with Crippen molar-refractivity contribution in [3.63, 3.8) is 0 Å². The first-order valence-corrected chi connectivity index (χ1v) is 6.36. The number of amides is 1. The molecule has 3 N–H and O–H groups in total. The highest BCUT2D eigenvalue weighted by atomic mass is 79.9. The number of carbonyl (C=O) groups excluding carboxylic acids is 1. The van der Waals surface area contributed by atoms with E-state index < -0.39 is 0 Å². The number of carbonyl (C=O) groups is 1. The van der Waals surface area contributed by atoms with Crippen LogP contribution in [-0.2, 0) is 0 Å². The van der Waals surface area contributed by atoms with Crippen LogP contribution in [0.5, 0.6) is 0 Å². The van der Waals surface area contributed by atoms with Crippen LogP contribution in [-0.4, -0.2) is 5.91 Å². The number of anilines is 2. The van der Waals surface area contributed by atoms with E-state index in [0.29, 0.717) is 22.0 Å². The lowest BCUT2D eigenvalue weighted by Crippen LogP contribution is -2.13. The Morgan fingerprint density at radius 2 is 1.94 bits per heavy atom. The summed E-state index contributed by atoms with van der Waals surface area (Å²) in [5.74, 6) is -0.254. The van der Waals surface area contributed by atoms with Gasteiger partial charge in [0.2, 0.25) is 0 Å². The van der Waals surface area contributed by atoms with Crippen LogP contribution in [0.25, 0.3) is 0 Å². The van der Waals surface area contributed by atoms with Crippen molar-refractivity contribution in [1.82, 2.24) is 0 Å². The number of para-hydroxylation sites is 1. The van der Waals surface area contributed by atoms with Gasteiger partial charge in [-0.3, -0.25) is 4.79 Å². The predicted molar refractivity (Wildman–Crippen MR) is 78.0 cm³/mol. The molecular weight excluding hydrogens is 316 g/mol. The summed E-state index contributed by atoms with van der Waals surface area (Å²) in [6, 6.07) is 12.2. The highest BCUT2D eigenvalue weighted by Gasteiger charge is 2.10. The van der Waals surface area contributed by atoms with Gasteiger partial charge in [0.25, 0.3) is 5.91 Å². The third kappa shape index (κ3) is 2.83. The maximum Gasteiger partial charge on any atom is 0.255 e. The lowest BCUT2D eigenvalue weighted by atomic mass is 10.2. The van der Waals surface area contributed by atoms with Gasteiger partial charge in [-0.2, -0.15) is 0 Å². The van der Waals surface area contributed by atoms with Gasteiger partial charge in [-0.05, 0) is 30.3 Å². The normalized spacial score (nSPS) is 10.1. The molecular formula is C13H10BrClN2O. The number of nitrogens with two attached hydrogens (primary N) is 1. The minimum Gasteiger partial charge on any atom is -0.397 e. The minimum absolute atomic E-state index is 0.254. The molecule has 2 aromatic carbocycles. The lowest BCUT2D eigenvalue weighted by Gasteiger charge is -2.10. The van der Waals surface area contributed by atoms with Crippen molar-refractivity contribution in [1.29, 1.82) is 0 Å². The van der Waals surface area contributed by atoms with Crippen LogP contribution in [0.4, 0.5) is 11.4 Å². The fourth-order valence-electron chi connectivity index (χ4n) is 1.49. The maximum absolute atomic E-state index is 12.0. The Kier molecular flexibility index (Phi) is 3.89. The van der Waals surface area contributed by atoms with Gasteiger partial charge < -0.3 is 11.1 Å². The molecule has 0 spiro atoms. The van der Waals surface area contributed by atoms with E-state index in [4.69, 9.17) is 17.3 Å². The first-order chi connectivity index (χ1) is 8.58. The first kappa shape index (κ1) is 12.9. The number of hydrogen-bond acceptors (Lipinski definition) is 2. The Morgan fingerprint density at radius 3 is 2.61 bits per heavy atom. The molecule has 5 heteroatoms. The van der Waals surface area contributed by atoms with Crippen molar-refractivity contribution in [2.75, 3.05) is 11.1 Å². The van der Waals surface area contributed by atoms with Crippen molar-refractivity contribution >= 4 is 44.8 Å². The average molecular weight is 326 g/mol. The molecule has 92 valence electrons. The topological polar surface area (TPSA) is 55.1 Å². The van der Waals surface area contributed by atoms with Crippen LogP contribution < -0.4 is 11.1 Å². The van der Waals surface area contributed by atoms with E-state index in [1.807, 2.05) is 6.07 Å². The smallest absolute Gasteiger partial charge is 0.255 e. The van der Waals surface area contributed by atoms with E-state index in [0.717, 1.165) is 4.47 Å². The van der Waals surface area contributed by atoms with E-state index in [1.54, 1.807) is 36.4 Å². The summed E-state index contributed by atoms with van der Waals surface area (Å²) >= 11 is 9.30. The number of benzene rings is 2. The quantitative estimate of drug-likeness (QED) is 0.822. The Labute approximate surface area is 118 Å². The summed E-state index contributed by atoms with van der Waals surface area (Å²) in [6.07, 6.45) is 0. The largest absolute Gasteiger partial charge is 0.397 e. The van der Waals surface area contributed by atoms with Crippen LogP contribution in [0.3, 0.4) is 0 Å². The zero-order valence-electron chi connectivity index (χ0n) is 9.28. The third-order valence-electron chi connectivity index (χ3n) is 2.37. The van der Waals surface area contributed by atoms with Crippen molar-refractivity contribution in [2.24, 2.45) is 0 Å². The summed E-state index contributed by atoms with van der Waals surface area (Å²) in [7, 11) is 0. The van der Waals surface area contributed by atoms with Crippen LogP contribution in [0.15, 0.2) is 46.9 Å². The molecule has 0 saturated carbocycles. The number of rotatable bonds is 2. The molecule has 1 amide bonds. The molecule has 0 fully saturated rings. The van der Waals surface area contributed by atoms with Crippen molar-refractivity contribution < 1.29 is 4.79 Å². The maximum atomic E-state index is 12.0. The zero-order chi connectivity index (χ0) is 13.1. The summed E-state index contributed by atoms with van der Waals surface area (Å²) in [6.45, 7) is 0. The fourth-order valence-corrected chi connectivity index (χ4v) is 2.12. The minimum atomic E-state index is -0.254. The van der Waals surface area contributed by atoms with Gasteiger partial charge in [-0.1, -0.05) is 39.7 Å². The molecule has 0 heterocycles. The van der Waals surface area contributed by atoms with Gasteiger partial charge in [0.1, 0.15) is 0 Å². The number of nitrogen functional groups attached to an aromatic ring is 1. The van der Waals surface area contributed by atoms with E-state index in [1.165, 1.54) is 0 Å². The lowest BCUT2D eigenvalue weighted by molar-refractivity contribution is 0.102. The summed E-state index contributed by atoms with van der Waals surface area (Å²) < 4.78 is 0.835. The molecule has 3 nitrogen and oxygen atoms in total. The molecule has 0 aliphatic heterocycles. The van der Waals surface area contributed by atoms with E-state index >= 15 is 0 Å². The van der Waals surface area contributed by atoms with Crippen LogP contribution in [0.2, 0.25) is 5.02 Å². The molecule has 18 heavy (non-hydrogen) atoms. The van der Waals surface area contributed by atoms with E-state index in [-0.39, 0.29) is 5.91 Å². The van der Waals surface area contributed by atoms with Gasteiger partial charge in [0.15, 0.2) is 0 Å². The van der Waals surface area contributed by atoms with E-state index in [9.17, 15) is 4.79 Å². The molecule has 0 saturated heterocycles. The molecule has 0 bridgehead atoms. The second-order valence-corrected chi connectivity index (χ2v) is 4.99. The third-order valence-corrected chi connectivity index (χ3v) is 3.18. The molecule has 2 aromatic rings. The van der Waals surface area contributed by atoms with Crippen LogP contribution in [0.1, 0.15) is 10.4 Å². The monoisotopic (exact) mass is 324 g/mol. The highest BCUT2D eigenvalue weighted by molar-refractivity contribution is 9.10. The van der Waals surface area contributed by atoms with E-state index in [2.05, 4.69) is 21.2 Å². The Balaban J connectivity index is 2.27. The second kappa shape index (κ2) is 5.42. The van der Waals surface area contributed by atoms with Gasteiger partial charge >= 0.3 is 0 Å². The number of nitrogens with one attached hydrogen (secondary N) is 1. The summed E-state index contributed by atoms with van der Waals surface area (Å²) in [5, 5.41) is 3.12. The highest BCUT2D eigenvalue weighted by Crippen LogP contribution is 2.28. The van der Waals surface area contributed by atoms with Gasteiger partial charge in [0, 0.05) is 10.0 Å². The molecule has 0 radical (unpaired) electrons. The van der Waals surface area contributed by atoms with Gasteiger partial charge in [-0.15, -0.1) is 0 Å². The summed E-state index contributed by atoms with van der Waals surface area (Å²) in [4.78, 5) is 12.0. The Hall–Kier alpha value is -1.52. The first-order valence-electron chi connectivity index (χ1n) is 5.19. The molecule has 0 aromatic heterocycles. The molecule has 2 rings (SSSR count). The van der Waals surface area contributed by atoms with Gasteiger partial charge in [0.05, 0.1) is 16.4 Å². The predicted octanol–water partition coefficient (Wildman–Crippen LogP) is 3.94. The van der Waals surface area contributed by atoms with Crippen molar-refractivity contribution in [3.05, 3.63) is 57.5 Å². The SMILES string of the molecule is Nc1cccc(Cl)c1NC(=O)c1cccc(Br)c1. The van der Waals surface area contributed by atoms with Crippen molar-refractivity contribution in [2.45, 2.75) is 0 Å². The molecule has 0 aliphatic carbocycles. The zero-order valence-corrected chi connectivity index (χ0v) is 11.6. The average Bonchev–Trinajstić information content (AvgIpc) is 2.34. The standard InChI is InChI=1S/C13H10BrClN2O/c14-9-4-1-3-8(7-9)13(18)17-12-10(15)5-2-6-11(12)16/h1-7H,16H2,(H,17,18). The van der Waals surface area contributed by atoms with Crippen LogP contribution >= 0.6 is 27.5 Å².